The summed E-state index contributed by atoms with van der Waals surface area (Å²) in [4.78, 5) is 2.49. The van der Waals surface area contributed by atoms with Gasteiger partial charge in [0.1, 0.15) is 0 Å². The quantitative estimate of drug-likeness (QED) is 0.731. The van der Waals surface area contributed by atoms with Gasteiger partial charge < -0.3 is 4.90 Å². The molecular formula is C16H20BrN. The average molecular weight is 306 g/mol. The molecule has 2 heteroatoms. The third kappa shape index (κ3) is 2.69. The highest BCUT2D eigenvalue weighted by atomic mass is 79.9. The van der Waals surface area contributed by atoms with E-state index < -0.39 is 0 Å². The third-order valence-electron chi connectivity index (χ3n) is 3.18. The molecule has 0 aliphatic heterocycles. The first-order valence-corrected chi connectivity index (χ1v) is 7.49. The molecular weight excluding hydrogens is 286 g/mol. The summed E-state index contributed by atoms with van der Waals surface area (Å²) in [6.07, 6.45) is 2.37. The average Bonchev–Trinajstić information content (AvgIpc) is 2.39. The van der Waals surface area contributed by atoms with Crippen molar-refractivity contribution in [2.75, 3.05) is 18.0 Å². The first kappa shape index (κ1) is 13.4. The van der Waals surface area contributed by atoms with E-state index in [0.29, 0.717) is 0 Å². The standard InChI is InChI=1S/C16H20BrN/c1-3-11-18(12-4-2)16-10-9-15(17)13-7-5-6-8-14(13)16/h5-10H,3-4,11-12H2,1-2H3. The second kappa shape index (κ2) is 6.24. The molecule has 0 radical (unpaired) electrons. The maximum atomic E-state index is 3.64. The molecule has 0 saturated carbocycles. The van der Waals surface area contributed by atoms with Crippen LogP contribution in [0.5, 0.6) is 0 Å². The van der Waals surface area contributed by atoms with Crippen molar-refractivity contribution in [3.05, 3.63) is 40.9 Å². The van der Waals surface area contributed by atoms with Gasteiger partial charge >= 0.3 is 0 Å². The highest BCUT2D eigenvalue weighted by Gasteiger charge is 2.09. The minimum absolute atomic E-state index is 1.12. The predicted molar refractivity (Wildman–Crippen MR) is 84.4 cm³/mol. The Labute approximate surface area is 118 Å². The zero-order chi connectivity index (χ0) is 13.0. The Balaban J connectivity index is 2.52. The largest absolute Gasteiger partial charge is 0.371 e. The molecule has 18 heavy (non-hydrogen) atoms. The molecule has 1 nitrogen and oxygen atoms in total. The Morgan fingerprint density at radius 1 is 0.889 bits per heavy atom. The van der Waals surface area contributed by atoms with Crippen LogP contribution in [-0.2, 0) is 0 Å². The normalized spacial score (nSPS) is 10.8. The lowest BCUT2D eigenvalue weighted by atomic mass is 10.1. The molecule has 0 spiro atoms. The summed E-state index contributed by atoms with van der Waals surface area (Å²) in [7, 11) is 0. The van der Waals surface area contributed by atoms with Crippen LogP contribution in [0.25, 0.3) is 10.8 Å². The first-order chi connectivity index (χ1) is 8.77. The lowest BCUT2D eigenvalue weighted by Gasteiger charge is -2.25. The van der Waals surface area contributed by atoms with Gasteiger partial charge in [0.2, 0.25) is 0 Å². The fourth-order valence-electron chi connectivity index (χ4n) is 2.41. The van der Waals surface area contributed by atoms with Gasteiger partial charge in [-0.15, -0.1) is 0 Å². The Morgan fingerprint density at radius 3 is 2.11 bits per heavy atom. The van der Waals surface area contributed by atoms with Gasteiger partial charge in [0.05, 0.1) is 0 Å². The van der Waals surface area contributed by atoms with Crippen molar-refractivity contribution >= 4 is 32.4 Å². The molecule has 0 bridgehead atoms. The number of fused-ring (bicyclic) bond motifs is 1. The summed E-state index contributed by atoms with van der Waals surface area (Å²) in [5, 5.41) is 2.64. The van der Waals surface area contributed by atoms with Gasteiger partial charge in [0.25, 0.3) is 0 Å². The van der Waals surface area contributed by atoms with E-state index >= 15 is 0 Å². The molecule has 0 saturated heterocycles. The van der Waals surface area contributed by atoms with Crippen LogP contribution in [0.3, 0.4) is 0 Å². The van der Waals surface area contributed by atoms with Gasteiger partial charge in [-0.3, -0.25) is 0 Å². The number of rotatable bonds is 5. The molecule has 2 aromatic rings. The molecule has 2 aromatic carbocycles. The summed E-state index contributed by atoms with van der Waals surface area (Å²) in [5.74, 6) is 0. The van der Waals surface area contributed by atoms with Crippen LogP contribution in [0.15, 0.2) is 40.9 Å². The number of hydrogen-bond donors (Lipinski definition) is 0. The fourth-order valence-corrected chi connectivity index (χ4v) is 2.89. The van der Waals surface area contributed by atoms with Crippen molar-refractivity contribution < 1.29 is 0 Å². The Kier molecular flexibility index (Phi) is 4.65. The second-order valence-corrected chi connectivity index (χ2v) is 5.45. The van der Waals surface area contributed by atoms with E-state index in [1.54, 1.807) is 0 Å². The van der Waals surface area contributed by atoms with Gasteiger partial charge in [0.15, 0.2) is 0 Å². The smallest absolute Gasteiger partial charge is 0.0446 e. The summed E-state index contributed by atoms with van der Waals surface area (Å²) < 4.78 is 1.18. The lowest BCUT2D eigenvalue weighted by molar-refractivity contribution is 0.747. The molecule has 2 rings (SSSR count). The summed E-state index contributed by atoms with van der Waals surface area (Å²) in [5.41, 5.74) is 1.36. The molecule has 0 aromatic heterocycles. The van der Waals surface area contributed by atoms with Crippen molar-refractivity contribution in [1.82, 2.24) is 0 Å². The van der Waals surface area contributed by atoms with Crippen molar-refractivity contribution in [3.63, 3.8) is 0 Å². The minimum atomic E-state index is 1.12. The van der Waals surface area contributed by atoms with Crippen molar-refractivity contribution in [1.29, 1.82) is 0 Å². The molecule has 0 heterocycles. The van der Waals surface area contributed by atoms with Crippen molar-refractivity contribution in [2.24, 2.45) is 0 Å². The van der Waals surface area contributed by atoms with E-state index in [4.69, 9.17) is 0 Å². The Morgan fingerprint density at radius 2 is 1.50 bits per heavy atom. The number of benzene rings is 2. The van der Waals surface area contributed by atoms with Crippen LogP contribution in [0.4, 0.5) is 5.69 Å². The SMILES string of the molecule is CCCN(CCC)c1ccc(Br)c2ccccc12. The van der Waals surface area contributed by atoms with Crippen LogP contribution < -0.4 is 4.90 Å². The monoisotopic (exact) mass is 305 g/mol. The topological polar surface area (TPSA) is 3.24 Å². The third-order valence-corrected chi connectivity index (χ3v) is 3.87. The summed E-state index contributed by atoms with van der Waals surface area (Å²) in [6, 6.07) is 13.0. The fraction of sp³-hybridized carbons (Fsp3) is 0.375. The summed E-state index contributed by atoms with van der Waals surface area (Å²) in [6.45, 7) is 6.73. The van der Waals surface area contributed by atoms with Crippen LogP contribution in [-0.4, -0.2) is 13.1 Å². The molecule has 0 amide bonds. The number of nitrogens with zero attached hydrogens (tertiary/aromatic N) is 1. The number of halogens is 1. The van der Waals surface area contributed by atoms with Gasteiger partial charge in [-0.1, -0.05) is 54.0 Å². The molecule has 0 aliphatic rings. The van der Waals surface area contributed by atoms with E-state index in [1.165, 1.54) is 33.8 Å². The van der Waals surface area contributed by atoms with Gasteiger partial charge in [-0.2, -0.15) is 0 Å². The molecule has 0 atom stereocenters. The highest BCUT2D eigenvalue weighted by Crippen LogP contribution is 2.32. The van der Waals surface area contributed by atoms with Crippen LogP contribution in [0, 0.1) is 0 Å². The molecule has 96 valence electrons. The van der Waals surface area contributed by atoms with Gasteiger partial charge in [-0.05, 0) is 30.4 Å². The van der Waals surface area contributed by atoms with Crippen LogP contribution in [0.2, 0.25) is 0 Å². The van der Waals surface area contributed by atoms with E-state index in [-0.39, 0.29) is 0 Å². The summed E-state index contributed by atoms with van der Waals surface area (Å²) >= 11 is 3.64. The second-order valence-electron chi connectivity index (χ2n) is 4.60. The number of hydrogen-bond acceptors (Lipinski definition) is 1. The highest BCUT2D eigenvalue weighted by molar-refractivity contribution is 9.10. The molecule has 0 aliphatic carbocycles. The lowest BCUT2D eigenvalue weighted by Crippen LogP contribution is -2.25. The van der Waals surface area contributed by atoms with Crippen LogP contribution >= 0.6 is 15.9 Å². The molecule has 0 unspecified atom stereocenters. The Bertz CT molecular complexity index is 515. The van der Waals surface area contributed by atoms with E-state index in [9.17, 15) is 0 Å². The predicted octanol–water partition coefficient (Wildman–Crippen LogP) is 5.23. The van der Waals surface area contributed by atoms with Crippen LogP contribution in [0.1, 0.15) is 26.7 Å². The minimum Gasteiger partial charge on any atom is -0.371 e. The maximum Gasteiger partial charge on any atom is 0.0446 e. The van der Waals surface area contributed by atoms with Crippen molar-refractivity contribution in [3.8, 4) is 0 Å². The number of anilines is 1. The molecule has 0 fully saturated rings. The van der Waals surface area contributed by atoms with Gasteiger partial charge in [-0.25, -0.2) is 0 Å². The van der Waals surface area contributed by atoms with E-state index in [2.05, 4.69) is 71.1 Å². The van der Waals surface area contributed by atoms with Crippen molar-refractivity contribution in [2.45, 2.75) is 26.7 Å². The zero-order valence-corrected chi connectivity index (χ0v) is 12.7. The molecule has 0 N–H and O–H groups in total. The van der Waals surface area contributed by atoms with E-state index in [0.717, 1.165) is 13.1 Å². The van der Waals surface area contributed by atoms with E-state index in [1.807, 2.05) is 0 Å². The maximum absolute atomic E-state index is 3.64. The Hall–Kier alpha value is -1.02. The first-order valence-electron chi connectivity index (χ1n) is 6.70. The zero-order valence-electron chi connectivity index (χ0n) is 11.1. The van der Waals surface area contributed by atoms with Gasteiger partial charge in [0, 0.05) is 28.6 Å².